The molecule has 3 aromatic rings. The van der Waals surface area contributed by atoms with Gasteiger partial charge in [-0.3, -0.25) is 4.98 Å². The number of nitriles is 1. The van der Waals surface area contributed by atoms with E-state index in [1.807, 2.05) is 42.5 Å². The minimum atomic E-state index is -0.000206. The number of hydrogen-bond donors (Lipinski definition) is 0. The van der Waals surface area contributed by atoms with Crippen LogP contribution in [-0.4, -0.2) is 36.9 Å². The number of ether oxygens (including phenoxy) is 2. The number of anilines is 1. The number of morpholine rings is 1. The average molecular weight is 387 g/mol. The fraction of sp³-hybridized carbons (Fsp3) is 0.333. The lowest BCUT2D eigenvalue weighted by atomic mass is 10.1. The summed E-state index contributed by atoms with van der Waals surface area (Å²) >= 11 is 0. The predicted molar refractivity (Wildman–Crippen MR) is 114 cm³/mol. The Labute approximate surface area is 171 Å². The van der Waals surface area contributed by atoms with E-state index in [-0.39, 0.29) is 12.2 Å². The van der Waals surface area contributed by atoms with E-state index in [9.17, 15) is 5.26 Å². The Morgan fingerprint density at radius 3 is 2.72 bits per heavy atom. The van der Waals surface area contributed by atoms with Crippen LogP contribution < -0.4 is 4.90 Å². The summed E-state index contributed by atoms with van der Waals surface area (Å²) in [6.07, 6.45) is 2.83. The zero-order chi connectivity index (χ0) is 20.1. The molecule has 0 aliphatic carbocycles. The molecule has 1 aromatic heterocycles. The van der Waals surface area contributed by atoms with Gasteiger partial charge in [0.05, 0.1) is 36.5 Å². The van der Waals surface area contributed by atoms with Gasteiger partial charge >= 0.3 is 0 Å². The molecule has 0 unspecified atom stereocenters. The Balaban J connectivity index is 1.52. The Hall–Kier alpha value is -2.94. The van der Waals surface area contributed by atoms with E-state index in [0.29, 0.717) is 18.8 Å². The van der Waals surface area contributed by atoms with Crippen molar-refractivity contribution in [3.05, 3.63) is 71.9 Å². The van der Waals surface area contributed by atoms with Crippen LogP contribution in [0.25, 0.3) is 10.9 Å². The summed E-state index contributed by atoms with van der Waals surface area (Å²) in [6.45, 7) is 4.85. The summed E-state index contributed by atoms with van der Waals surface area (Å²) in [5.41, 5.74) is 3.62. The van der Waals surface area contributed by atoms with Crippen LogP contribution in [0.15, 0.2) is 60.8 Å². The molecule has 2 atom stereocenters. The molecule has 4 rings (SSSR count). The van der Waals surface area contributed by atoms with E-state index >= 15 is 0 Å². The molecule has 1 fully saturated rings. The molecule has 1 saturated heterocycles. The van der Waals surface area contributed by atoms with Crippen molar-refractivity contribution < 1.29 is 9.47 Å². The number of fused-ring (bicyclic) bond motifs is 1. The molecule has 148 valence electrons. The minimum absolute atomic E-state index is 0.000206. The van der Waals surface area contributed by atoms with Gasteiger partial charge in [-0.05, 0) is 36.2 Å². The van der Waals surface area contributed by atoms with Crippen molar-refractivity contribution in [2.75, 3.05) is 24.6 Å². The standard InChI is InChI=1S/C24H25N3O2/c1-2-20-14-27(15-21(29-20)17-28-16-18-7-4-3-5-8-18)23-11-10-19(13-25)24-22(23)9-6-12-26-24/h3-12,20-21H,2,14-17H2,1H3/t20-,21-/m1/s1. The van der Waals surface area contributed by atoms with E-state index in [0.717, 1.165) is 41.7 Å². The Bertz CT molecular complexity index is 1000. The summed E-state index contributed by atoms with van der Waals surface area (Å²) < 4.78 is 12.2. The van der Waals surface area contributed by atoms with Crippen LogP contribution in [-0.2, 0) is 16.1 Å². The highest BCUT2D eigenvalue weighted by molar-refractivity contribution is 5.95. The number of rotatable bonds is 6. The van der Waals surface area contributed by atoms with Gasteiger partial charge in [0, 0.05) is 30.4 Å². The molecular formula is C24H25N3O2. The van der Waals surface area contributed by atoms with Gasteiger partial charge in [-0.15, -0.1) is 0 Å². The molecule has 0 radical (unpaired) electrons. The molecule has 5 heteroatoms. The third-order valence-corrected chi connectivity index (χ3v) is 5.31. The predicted octanol–water partition coefficient (Wildman–Crippen LogP) is 4.31. The second-order valence-corrected chi connectivity index (χ2v) is 7.34. The summed E-state index contributed by atoms with van der Waals surface area (Å²) in [5, 5.41) is 10.4. The topological polar surface area (TPSA) is 58.4 Å². The van der Waals surface area contributed by atoms with E-state index in [1.165, 1.54) is 0 Å². The molecule has 5 nitrogen and oxygen atoms in total. The van der Waals surface area contributed by atoms with Crippen LogP contribution in [0.3, 0.4) is 0 Å². The molecule has 2 aromatic carbocycles. The van der Waals surface area contributed by atoms with Gasteiger partial charge in [-0.25, -0.2) is 0 Å². The molecule has 0 bridgehead atoms. The quantitative estimate of drug-likeness (QED) is 0.631. The van der Waals surface area contributed by atoms with Crippen molar-refractivity contribution in [2.45, 2.75) is 32.2 Å². The second kappa shape index (κ2) is 9.04. The average Bonchev–Trinajstić information content (AvgIpc) is 2.78. The van der Waals surface area contributed by atoms with Crippen LogP contribution in [0.4, 0.5) is 5.69 Å². The van der Waals surface area contributed by atoms with Gasteiger partial charge in [0.2, 0.25) is 0 Å². The van der Waals surface area contributed by atoms with Gasteiger partial charge in [0.1, 0.15) is 6.07 Å². The molecule has 0 saturated carbocycles. The molecule has 29 heavy (non-hydrogen) atoms. The first-order chi connectivity index (χ1) is 14.3. The maximum atomic E-state index is 9.41. The van der Waals surface area contributed by atoms with E-state index < -0.39 is 0 Å². The Morgan fingerprint density at radius 1 is 1.10 bits per heavy atom. The summed E-state index contributed by atoms with van der Waals surface area (Å²) in [4.78, 5) is 6.79. The molecule has 0 spiro atoms. The monoisotopic (exact) mass is 387 g/mol. The molecule has 0 amide bonds. The molecule has 0 N–H and O–H groups in total. The summed E-state index contributed by atoms with van der Waals surface area (Å²) in [5.74, 6) is 0. The van der Waals surface area contributed by atoms with E-state index in [1.54, 1.807) is 6.20 Å². The van der Waals surface area contributed by atoms with Crippen molar-refractivity contribution in [3.8, 4) is 6.07 Å². The molecule has 1 aliphatic rings. The Kier molecular flexibility index (Phi) is 6.04. The van der Waals surface area contributed by atoms with Crippen LogP contribution in [0.5, 0.6) is 0 Å². The third-order valence-electron chi connectivity index (χ3n) is 5.31. The maximum absolute atomic E-state index is 9.41. The van der Waals surface area contributed by atoms with Crippen molar-refractivity contribution in [3.63, 3.8) is 0 Å². The normalized spacial score (nSPS) is 19.2. The van der Waals surface area contributed by atoms with E-state index in [2.05, 4.69) is 35.0 Å². The zero-order valence-corrected chi connectivity index (χ0v) is 16.6. The van der Waals surface area contributed by atoms with Gasteiger partial charge in [0.15, 0.2) is 0 Å². The van der Waals surface area contributed by atoms with Crippen LogP contribution in [0.2, 0.25) is 0 Å². The lowest BCUT2D eigenvalue weighted by Crippen LogP contribution is -2.49. The first-order valence-corrected chi connectivity index (χ1v) is 10.1. The lowest BCUT2D eigenvalue weighted by Gasteiger charge is -2.39. The fourth-order valence-corrected chi connectivity index (χ4v) is 3.84. The number of aromatic nitrogens is 1. The van der Waals surface area contributed by atoms with Crippen molar-refractivity contribution >= 4 is 16.6 Å². The first-order valence-electron chi connectivity index (χ1n) is 10.1. The highest BCUT2D eigenvalue weighted by atomic mass is 16.5. The lowest BCUT2D eigenvalue weighted by molar-refractivity contribution is -0.0709. The van der Waals surface area contributed by atoms with Crippen LogP contribution in [0.1, 0.15) is 24.5 Å². The number of pyridine rings is 1. The second-order valence-electron chi connectivity index (χ2n) is 7.34. The Morgan fingerprint density at radius 2 is 1.93 bits per heavy atom. The largest absolute Gasteiger partial charge is 0.374 e. The maximum Gasteiger partial charge on any atom is 0.101 e. The first kappa shape index (κ1) is 19.4. The minimum Gasteiger partial charge on any atom is -0.374 e. The van der Waals surface area contributed by atoms with Crippen molar-refractivity contribution in [1.82, 2.24) is 4.98 Å². The highest BCUT2D eigenvalue weighted by Gasteiger charge is 2.28. The molecular weight excluding hydrogens is 362 g/mol. The summed E-state index contributed by atoms with van der Waals surface area (Å²) in [6, 6.07) is 20.3. The van der Waals surface area contributed by atoms with Crippen molar-refractivity contribution in [2.24, 2.45) is 0 Å². The van der Waals surface area contributed by atoms with Crippen molar-refractivity contribution in [1.29, 1.82) is 5.26 Å². The molecule has 2 heterocycles. The smallest absolute Gasteiger partial charge is 0.101 e. The van der Waals surface area contributed by atoms with Crippen LogP contribution in [0, 0.1) is 11.3 Å². The third kappa shape index (κ3) is 4.40. The SMILES string of the molecule is CC[C@@H]1CN(c2ccc(C#N)c3ncccc23)C[C@H](COCc2ccccc2)O1. The molecule has 1 aliphatic heterocycles. The van der Waals surface area contributed by atoms with Gasteiger partial charge in [0.25, 0.3) is 0 Å². The zero-order valence-electron chi connectivity index (χ0n) is 16.6. The number of benzene rings is 2. The number of nitrogens with zero attached hydrogens (tertiary/aromatic N) is 3. The van der Waals surface area contributed by atoms with Gasteiger partial charge < -0.3 is 14.4 Å². The fourth-order valence-electron chi connectivity index (χ4n) is 3.84. The summed E-state index contributed by atoms with van der Waals surface area (Å²) in [7, 11) is 0. The van der Waals surface area contributed by atoms with E-state index in [4.69, 9.17) is 9.47 Å². The number of hydrogen-bond acceptors (Lipinski definition) is 5. The van der Waals surface area contributed by atoms with Crippen LogP contribution >= 0.6 is 0 Å². The van der Waals surface area contributed by atoms with Gasteiger partial charge in [-0.1, -0.05) is 37.3 Å². The highest BCUT2D eigenvalue weighted by Crippen LogP contribution is 2.30. The van der Waals surface area contributed by atoms with Gasteiger partial charge in [-0.2, -0.15) is 5.26 Å².